The van der Waals surface area contributed by atoms with Gasteiger partial charge in [0.2, 0.25) is 0 Å². The van der Waals surface area contributed by atoms with Crippen molar-refractivity contribution in [3.63, 3.8) is 0 Å². The summed E-state index contributed by atoms with van der Waals surface area (Å²) >= 11 is 1.40. The van der Waals surface area contributed by atoms with Crippen molar-refractivity contribution in [3.05, 3.63) is 39.5 Å². The van der Waals surface area contributed by atoms with Crippen LogP contribution in [-0.2, 0) is 6.54 Å². The van der Waals surface area contributed by atoms with Gasteiger partial charge in [-0.25, -0.2) is 0 Å². The van der Waals surface area contributed by atoms with Gasteiger partial charge in [0.1, 0.15) is 11.5 Å². The summed E-state index contributed by atoms with van der Waals surface area (Å²) in [5.41, 5.74) is 6.36. The molecule has 0 bridgehead atoms. The molecule has 2 heterocycles. The van der Waals surface area contributed by atoms with Crippen LogP contribution in [0.5, 0.6) is 0 Å². The fraction of sp³-hybridized carbons (Fsp3) is 0.250. The third-order valence-corrected chi connectivity index (χ3v) is 3.46. The Morgan fingerprint density at radius 2 is 2.24 bits per heavy atom. The molecule has 0 aliphatic rings. The van der Waals surface area contributed by atoms with Crippen LogP contribution in [0.4, 0.5) is 5.69 Å². The molecule has 1 amide bonds. The van der Waals surface area contributed by atoms with Crippen molar-refractivity contribution >= 4 is 22.9 Å². The Kier molecular flexibility index (Phi) is 3.19. The maximum absolute atomic E-state index is 11.8. The average Bonchev–Trinajstić information content (AvgIpc) is 2.83. The van der Waals surface area contributed by atoms with Crippen molar-refractivity contribution in [2.45, 2.75) is 20.4 Å². The highest BCUT2D eigenvalue weighted by atomic mass is 32.1. The molecule has 0 aliphatic heterocycles. The molecular formula is C12H14N2O2S. The minimum atomic E-state index is -0.121. The van der Waals surface area contributed by atoms with Crippen molar-refractivity contribution in [1.82, 2.24) is 5.32 Å². The van der Waals surface area contributed by atoms with Gasteiger partial charge in [-0.15, -0.1) is 11.3 Å². The Balaban J connectivity index is 1.98. The van der Waals surface area contributed by atoms with Gasteiger partial charge < -0.3 is 15.5 Å². The topological polar surface area (TPSA) is 68.3 Å². The molecule has 0 atom stereocenters. The van der Waals surface area contributed by atoms with E-state index in [1.807, 2.05) is 26.0 Å². The normalized spacial score (nSPS) is 10.5. The number of nitrogens with one attached hydrogen (secondary N) is 1. The van der Waals surface area contributed by atoms with E-state index in [-0.39, 0.29) is 5.91 Å². The molecule has 0 radical (unpaired) electrons. The molecule has 90 valence electrons. The fourth-order valence-corrected chi connectivity index (χ4v) is 2.30. The number of amides is 1. The van der Waals surface area contributed by atoms with E-state index in [1.54, 1.807) is 6.07 Å². The first-order valence-corrected chi connectivity index (χ1v) is 6.07. The minimum absolute atomic E-state index is 0.121. The summed E-state index contributed by atoms with van der Waals surface area (Å²) in [6.07, 6.45) is 0. The summed E-state index contributed by atoms with van der Waals surface area (Å²) < 4.78 is 5.36. The number of nitrogens with two attached hydrogens (primary N) is 1. The molecule has 5 heteroatoms. The summed E-state index contributed by atoms with van der Waals surface area (Å²) in [6, 6.07) is 5.42. The summed E-state index contributed by atoms with van der Waals surface area (Å²) in [4.78, 5) is 13.4. The molecule has 4 nitrogen and oxygen atoms in total. The molecule has 2 rings (SSSR count). The summed E-state index contributed by atoms with van der Waals surface area (Å²) in [5.74, 6) is 1.46. The highest BCUT2D eigenvalue weighted by molar-refractivity contribution is 7.14. The zero-order valence-corrected chi connectivity index (χ0v) is 10.6. The molecule has 17 heavy (non-hydrogen) atoms. The quantitative estimate of drug-likeness (QED) is 0.879. The van der Waals surface area contributed by atoms with Crippen molar-refractivity contribution < 1.29 is 9.21 Å². The Labute approximate surface area is 103 Å². The second kappa shape index (κ2) is 4.63. The molecule has 0 unspecified atom stereocenters. The van der Waals surface area contributed by atoms with Crippen LogP contribution in [0.25, 0.3) is 0 Å². The first-order valence-electron chi connectivity index (χ1n) is 5.25. The zero-order valence-electron chi connectivity index (χ0n) is 9.74. The van der Waals surface area contributed by atoms with Crippen molar-refractivity contribution in [3.8, 4) is 0 Å². The van der Waals surface area contributed by atoms with Gasteiger partial charge in [-0.3, -0.25) is 4.79 Å². The highest BCUT2D eigenvalue weighted by Gasteiger charge is 2.11. The van der Waals surface area contributed by atoms with Gasteiger partial charge >= 0.3 is 0 Å². The standard InChI is InChI=1S/C12H14N2O2S/c1-7-3-4-9(16-7)6-14-12(15)11-5-10(13)8(2)17-11/h3-5H,6,13H2,1-2H3,(H,14,15). The lowest BCUT2D eigenvalue weighted by Gasteiger charge is -2.00. The van der Waals surface area contributed by atoms with Gasteiger partial charge in [0, 0.05) is 10.6 Å². The fourth-order valence-electron chi connectivity index (χ4n) is 1.44. The smallest absolute Gasteiger partial charge is 0.261 e. The number of nitrogen functional groups attached to an aromatic ring is 1. The molecule has 2 aromatic heterocycles. The summed E-state index contributed by atoms with van der Waals surface area (Å²) in [7, 11) is 0. The number of thiophene rings is 1. The molecule has 0 aromatic carbocycles. The van der Waals surface area contributed by atoms with E-state index < -0.39 is 0 Å². The van der Waals surface area contributed by atoms with Gasteiger partial charge in [0.15, 0.2) is 0 Å². The lowest BCUT2D eigenvalue weighted by Crippen LogP contribution is -2.21. The molecule has 3 N–H and O–H groups in total. The number of rotatable bonds is 3. The van der Waals surface area contributed by atoms with E-state index >= 15 is 0 Å². The van der Waals surface area contributed by atoms with Crippen molar-refractivity contribution in [1.29, 1.82) is 0 Å². The molecule has 0 saturated carbocycles. The number of hydrogen-bond donors (Lipinski definition) is 2. The van der Waals surface area contributed by atoms with Crippen LogP contribution in [-0.4, -0.2) is 5.91 Å². The second-order valence-corrected chi connectivity index (χ2v) is 5.07. The molecular weight excluding hydrogens is 236 g/mol. The second-order valence-electron chi connectivity index (χ2n) is 3.82. The van der Waals surface area contributed by atoms with Crippen LogP contribution in [0.3, 0.4) is 0 Å². The minimum Gasteiger partial charge on any atom is -0.465 e. The van der Waals surface area contributed by atoms with Gasteiger partial charge in [-0.1, -0.05) is 0 Å². The van der Waals surface area contributed by atoms with Crippen LogP contribution >= 0.6 is 11.3 Å². The Bertz CT molecular complexity index is 523. The van der Waals surface area contributed by atoms with Crippen LogP contribution in [0.15, 0.2) is 22.6 Å². The van der Waals surface area contributed by atoms with Crippen LogP contribution in [0.1, 0.15) is 26.1 Å². The number of carbonyl (C=O) groups excluding carboxylic acids is 1. The molecule has 2 aromatic rings. The van der Waals surface area contributed by atoms with E-state index in [0.717, 1.165) is 16.4 Å². The summed E-state index contributed by atoms with van der Waals surface area (Å²) in [6.45, 7) is 4.16. The predicted octanol–water partition coefficient (Wildman–Crippen LogP) is 2.47. The Morgan fingerprint density at radius 1 is 1.47 bits per heavy atom. The van der Waals surface area contributed by atoms with Gasteiger partial charge in [0.05, 0.1) is 11.4 Å². The third kappa shape index (κ3) is 2.68. The molecule has 0 saturated heterocycles. The number of hydrogen-bond acceptors (Lipinski definition) is 4. The van der Waals surface area contributed by atoms with Gasteiger partial charge in [0.25, 0.3) is 5.91 Å². The van der Waals surface area contributed by atoms with Crippen molar-refractivity contribution in [2.24, 2.45) is 0 Å². The Morgan fingerprint density at radius 3 is 2.76 bits per heavy atom. The van der Waals surface area contributed by atoms with E-state index in [1.165, 1.54) is 11.3 Å². The largest absolute Gasteiger partial charge is 0.465 e. The summed E-state index contributed by atoms with van der Waals surface area (Å²) in [5, 5.41) is 2.79. The molecule has 0 aliphatic carbocycles. The van der Waals surface area contributed by atoms with Gasteiger partial charge in [-0.05, 0) is 32.0 Å². The third-order valence-electron chi connectivity index (χ3n) is 2.40. The first-order chi connectivity index (χ1) is 8.06. The highest BCUT2D eigenvalue weighted by Crippen LogP contribution is 2.23. The van der Waals surface area contributed by atoms with E-state index in [0.29, 0.717) is 17.1 Å². The van der Waals surface area contributed by atoms with Crippen LogP contribution < -0.4 is 11.1 Å². The maximum Gasteiger partial charge on any atom is 0.261 e. The molecule has 0 fully saturated rings. The lowest BCUT2D eigenvalue weighted by molar-refractivity contribution is 0.0952. The molecule has 0 spiro atoms. The van der Waals surface area contributed by atoms with Crippen molar-refractivity contribution in [2.75, 3.05) is 5.73 Å². The zero-order chi connectivity index (χ0) is 12.4. The monoisotopic (exact) mass is 250 g/mol. The number of furan rings is 1. The van der Waals surface area contributed by atoms with Crippen LogP contribution in [0.2, 0.25) is 0 Å². The number of aryl methyl sites for hydroxylation is 2. The lowest BCUT2D eigenvalue weighted by atomic mass is 10.3. The van der Waals surface area contributed by atoms with Gasteiger partial charge in [-0.2, -0.15) is 0 Å². The Hall–Kier alpha value is -1.75. The van der Waals surface area contributed by atoms with E-state index in [2.05, 4.69) is 5.32 Å². The van der Waals surface area contributed by atoms with Crippen LogP contribution in [0, 0.1) is 13.8 Å². The number of anilines is 1. The van der Waals surface area contributed by atoms with E-state index in [4.69, 9.17) is 10.2 Å². The maximum atomic E-state index is 11.8. The average molecular weight is 250 g/mol. The predicted molar refractivity (Wildman–Crippen MR) is 68.1 cm³/mol. The SMILES string of the molecule is Cc1ccc(CNC(=O)c2cc(N)c(C)s2)o1. The van der Waals surface area contributed by atoms with E-state index in [9.17, 15) is 4.79 Å². The first kappa shape index (κ1) is 11.7. The number of carbonyl (C=O) groups is 1.